The number of carbonyl (C=O) groups excluding carboxylic acids is 1. The third-order valence-electron chi connectivity index (χ3n) is 3.52. The standard InChI is InChI=1S/2C10H13NO2/c1-2-3-7-13-10(12)9-5-4-6-11-8-9;1-2-3-6-9-8(10(12)13)5-4-7-11-9/h4-6,8H,2-3,7H2,1H3;4-5,7H,2-3,6H2,1H3,(H,12,13). The zero-order valence-electron chi connectivity index (χ0n) is 15.4. The Labute approximate surface area is 154 Å². The van der Waals surface area contributed by atoms with Crippen molar-refractivity contribution in [2.75, 3.05) is 6.61 Å². The fourth-order valence-corrected chi connectivity index (χ4v) is 2.05. The number of rotatable bonds is 8. The highest BCUT2D eigenvalue weighted by molar-refractivity contribution is 5.89. The predicted octanol–water partition coefficient (Wildman–Crippen LogP) is 4.16. The number of aryl methyl sites for hydroxylation is 1. The Morgan fingerprint density at radius 3 is 2.42 bits per heavy atom. The Kier molecular flexibility index (Phi) is 10.3. The van der Waals surface area contributed by atoms with Crippen LogP contribution in [0.1, 0.15) is 65.9 Å². The molecule has 0 aromatic carbocycles. The first-order chi connectivity index (χ1) is 12.6. The van der Waals surface area contributed by atoms with Crippen LogP contribution >= 0.6 is 0 Å². The number of unbranched alkanes of at least 4 members (excludes halogenated alkanes) is 2. The molecule has 2 heterocycles. The van der Waals surface area contributed by atoms with E-state index in [-0.39, 0.29) is 5.97 Å². The molecule has 0 unspecified atom stereocenters. The zero-order chi connectivity index (χ0) is 19.2. The normalized spacial score (nSPS) is 9.77. The molecule has 6 heteroatoms. The van der Waals surface area contributed by atoms with Crippen molar-refractivity contribution >= 4 is 11.9 Å². The molecule has 0 fully saturated rings. The molecule has 0 saturated carbocycles. The number of carboxylic acids is 1. The van der Waals surface area contributed by atoms with Crippen LogP contribution in [-0.4, -0.2) is 33.6 Å². The van der Waals surface area contributed by atoms with Gasteiger partial charge in [-0.3, -0.25) is 9.97 Å². The van der Waals surface area contributed by atoms with E-state index in [2.05, 4.69) is 23.8 Å². The smallest absolute Gasteiger partial charge is 0.339 e. The zero-order valence-corrected chi connectivity index (χ0v) is 15.4. The number of carbonyl (C=O) groups is 2. The lowest BCUT2D eigenvalue weighted by atomic mass is 10.1. The van der Waals surface area contributed by atoms with Gasteiger partial charge in [-0.05, 0) is 43.5 Å². The molecular weight excluding hydrogens is 332 g/mol. The van der Waals surface area contributed by atoms with Crippen molar-refractivity contribution in [1.82, 2.24) is 9.97 Å². The van der Waals surface area contributed by atoms with Gasteiger partial charge < -0.3 is 9.84 Å². The first kappa shape index (κ1) is 21.3. The van der Waals surface area contributed by atoms with E-state index in [9.17, 15) is 9.59 Å². The number of aromatic carboxylic acids is 1. The van der Waals surface area contributed by atoms with E-state index < -0.39 is 5.97 Å². The first-order valence-electron chi connectivity index (χ1n) is 8.84. The number of hydrogen-bond donors (Lipinski definition) is 1. The van der Waals surface area contributed by atoms with Gasteiger partial charge in [0.15, 0.2) is 0 Å². The fourth-order valence-electron chi connectivity index (χ4n) is 2.05. The largest absolute Gasteiger partial charge is 0.478 e. The minimum atomic E-state index is -0.890. The second-order valence-electron chi connectivity index (χ2n) is 5.64. The molecular formula is C20H26N2O4. The summed E-state index contributed by atoms with van der Waals surface area (Å²) in [5, 5.41) is 8.82. The number of pyridine rings is 2. The number of nitrogens with zero attached hydrogens (tertiary/aromatic N) is 2. The lowest BCUT2D eigenvalue weighted by Gasteiger charge is -2.02. The maximum absolute atomic E-state index is 11.3. The lowest BCUT2D eigenvalue weighted by molar-refractivity contribution is 0.0498. The first-order valence-corrected chi connectivity index (χ1v) is 8.84. The van der Waals surface area contributed by atoms with Crippen LogP contribution < -0.4 is 0 Å². The Bertz CT molecular complexity index is 675. The summed E-state index contributed by atoms with van der Waals surface area (Å²) in [6.45, 7) is 4.62. The third-order valence-corrected chi connectivity index (χ3v) is 3.52. The van der Waals surface area contributed by atoms with E-state index in [0.29, 0.717) is 23.4 Å². The minimum Gasteiger partial charge on any atom is -0.478 e. The highest BCUT2D eigenvalue weighted by atomic mass is 16.5. The number of hydrogen-bond acceptors (Lipinski definition) is 5. The van der Waals surface area contributed by atoms with Crippen molar-refractivity contribution < 1.29 is 19.4 Å². The molecule has 6 nitrogen and oxygen atoms in total. The van der Waals surface area contributed by atoms with E-state index in [1.54, 1.807) is 36.7 Å². The molecule has 1 N–H and O–H groups in total. The maximum atomic E-state index is 11.3. The summed E-state index contributed by atoms with van der Waals surface area (Å²) in [6.07, 6.45) is 9.49. The van der Waals surface area contributed by atoms with Crippen LogP contribution in [0.2, 0.25) is 0 Å². The van der Waals surface area contributed by atoms with Gasteiger partial charge in [-0.15, -0.1) is 0 Å². The summed E-state index contributed by atoms with van der Waals surface area (Å²) < 4.78 is 4.99. The SMILES string of the molecule is CCCCOC(=O)c1cccnc1.CCCCc1ncccc1C(=O)O. The highest BCUT2D eigenvalue weighted by Gasteiger charge is 2.09. The second kappa shape index (κ2) is 12.6. The molecule has 0 saturated heterocycles. The van der Waals surface area contributed by atoms with Crippen LogP contribution in [0.4, 0.5) is 0 Å². The molecule has 140 valence electrons. The third kappa shape index (κ3) is 7.88. The minimum absolute atomic E-state index is 0.290. The quantitative estimate of drug-likeness (QED) is 0.563. The molecule has 0 amide bonds. The topological polar surface area (TPSA) is 89.4 Å². The van der Waals surface area contributed by atoms with Gasteiger partial charge in [0.2, 0.25) is 0 Å². The summed E-state index contributed by atoms with van der Waals surface area (Å²) in [7, 11) is 0. The van der Waals surface area contributed by atoms with Crippen molar-refractivity contribution in [3.8, 4) is 0 Å². The van der Waals surface area contributed by atoms with Gasteiger partial charge in [-0.2, -0.15) is 0 Å². The van der Waals surface area contributed by atoms with Crippen LogP contribution in [-0.2, 0) is 11.2 Å². The molecule has 0 bridgehead atoms. The molecule has 0 radical (unpaired) electrons. The molecule has 2 aromatic rings. The monoisotopic (exact) mass is 358 g/mol. The van der Waals surface area contributed by atoms with Gasteiger partial charge in [-0.25, -0.2) is 9.59 Å². The van der Waals surface area contributed by atoms with Gasteiger partial charge in [-0.1, -0.05) is 26.7 Å². The highest BCUT2D eigenvalue weighted by Crippen LogP contribution is 2.08. The van der Waals surface area contributed by atoms with Crippen molar-refractivity contribution in [2.24, 2.45) is 0 Å². The Morgan fingerprint density at radius 2 is 1.81 bits per heavy atom. The molecule has 0 aliphatic heterocycles. The summed E-state index contributed by atoms with van der Waals surface area (Å²) in [5.41, 5.74) is 1.53. The predicted molar refractivity (Wildman–Crippen MR) is 99.2 cm³/mol. The van der Waals surface area contributed by atoms with E-state index in [1.807, 2.05) is 0 Å². The van der Waals surface area contributed by atoms with Gasteiger partial charge in [0, 0.05) is 18.6 Å². The molecule has 0 aliphatic carbocycles. The Morgan fingerprint density at radius 1 is 1.08 bits per heavy atom. The second-order valence-corrected chi connectivity index (χ2v) is 5.64. The van der Waals surface area contributed by atoms with Crippen molar-refractivity contribution in [1.29, 1.82) is 0 Å². The molecule has 0 aliphatic rings. The molecule has 0 spiro atoms. The van der Waals surface area contributed by atoms with Crippen LogP contribution in [0.3, 0.4) is 0 Å². The number of aromatic nitrogens is 2. The molecule has 2 rings (SSSR count). The molecule has 26 heavy (non-hydrogen) atoms. The van der Waals surface area contributed by atoms with E-state index >= 15 is 0 Å². The van der Waals surface area contributed by atoms with Gasteiger partial charge in [0.05, 0.1) is 23.4 Å². The van der Waals surface area contributed by atoms with Crippen molar-refractivity contribution in [3.63, 3.8) is 0 Å². The van der Waals surface area contributed by atoms with Gasteiger partial charge >= 0.3 is 11.9 Å². The molecule has 0 atom stereocenters. The average molecular weight is 358 g/mol. The van der Waals surface area contributed by atoms with E-state index in [4.69, 9.17) is 9.84 Å². The van der Waals surface area contributed by atoms with Gasteiger partial charge in [0.25, 0.3) is 0 Å². The summed E-state index contributed by atoms with van der Waals surface area (Å²) in [4.78, 5) is 29.9. The van der Waals surface area contributed by atoms with Crippen LogP contribution in [0.15, 0.2) is 42.9 Å². The van der Waals surface area contributed by atoms with Crippen molar-refractivity contribution in [3.05, 3.63) is 59.7 Å². The number of esters is 1. The van der Waals surface area contributed by atoms with Crippen LogP contribution in [0.25, 0.3) is 0 Å². The van der Waals surface area contributed by atoms with E-state index in [1.165, 1.54) is 6.20 Å². The summed E-state index contributed by atoms with van der Waals surface area (Å²) in [5.74, 6) is -1.18. The van der Waals surface area contributed by atoms with Crippen molar-refractivity contribution in [2.45, 2.75) is 46.0 Å². The number of ether oxygens (including phenoxy) is 1. The van der Waals surface area contributed by atoms with E-state index in [0.717, 1.165) is 32.1 Å². The maximum Gasteiger partial charge on any atom is 0.339 e. The Balaban J connectivity index is 0.000000260. The summed E-state index contributed by atoms with van der Waals surface area (Å²) >= 11 is 0. The lowest BCUT2D eigenvalue weighted by Crippen LogP contribution is -2.06. The van der Waals surface area contributed by atoms with Crippen LogP contribution in [0, 0.1) is 0 Å². The average Bonchev–Trinajstić information content (AvgIpc) is 2.68. The summed E-state index contributed by atoms with van der Waals surface area (Å²) in [6, 6.07) is 6.66. The Hall–Kier alpha value is -2.76. The van der Waals surface area contributed by atoms with Crippen LogP contribution in [0.5, 0.6) is 0 Å². The molecule has 2 aromatic heterocycles. The fraction of sp³-hybridized carbons (Fsp3) is 0.400. The van der Waals surface area contributed by atoms with Gasteiger partial charge in [0.1, 0.15) is 0 Å². The number of carboxylic acid groups (broad SMARTS) is 1.